The van der Waals surface area contributed by atoms with Crippen LogP contribution in [0.15, 0.2) is 0 Å². The summed E-state index contributed by atoms with van der Waals surface area (Å²) in [6.45, 7) is 7.97. The molecule has 0 aliphatic carbocycles. The molecule has 0 unspecified atom stereocenters. The number of carbonyl (C=O) groups excluding carboxylic acids is 1. The largest absolute Gasteiger partial charge is 0.394 e. The first-order chi connectivity index (χ1) is 11.3. The van der Waals surface area contributed by atoms with Crippen LogP contribution in [-0.2, 0) is 4.79 Å². The van der Waals surface area contributed by atoms with E-state index in [-0.39, 0.29) is 24.0 Å². The molecular weight excluding hydrogens is 302 g/mol. The third-order valence-electron chi connectivity index (χ3n) is 4.60. The van der Waals surface area contributed by atoms with Gasteiger partial charge in [-0.1, -0.05) is 79.1 Å². The van der Waals surface area contributed by atoms with Gasteiger partial charge in [0.2, 0.25) is 5.91 Å². The summed E-state index contributed by atoms with van der Waals surface area (Å²) in [6.07, 6.45) is 11.5. The van der Waals surface area contributed by atoms with Gasteiger partial charge in [0.1, 0.15) is 0 Å². The van der Waals surface area contributed by atoms with Gasteiger partial charge >= 0.3 is 0 Å². The van der Waals surface area contributed by atoms with Gasteiger partial charge < -0.3 is 15.5 Å². The first-order valence-corrected chi connectivity index (χ1v) is 9.89. The molecule has 0 bridgehead atoms. The second kappa shape index (κ2) is 13.7. The highest BCUT2D eigenvalue weighted by atomic mass is 16.3. The Bertz CT molecular complexity index is 312. The van der Waals surface area contributed by atoms with Crippen molar-refractivity contribution in [3.8, 4) is 0 Å². The summed E-state index contributed by atoms with van der Waals surface area (Å²) in [5.41, 5.74) is -0.241. The van der Waals surface area contributed by atoms with E-state index in [1.165, 1.54) is 44.9 Å². The van der Waals surface area contributed by atoms with Gasteiger partial charge in [-0.05, 0) is 18.3 Å². The molecule has 0 radical (unpaired) electrons. The maximum atomic E-state index is 11.9. The lowest BCUT2D eigenvalue weighted by Gasteiger charge is -2.29. The third kappa shape index (κ3) is 12.8. The van der Waals surface area contributed by atoms with E-state index in [1.54, 1.807) is 0 Å². The topological polar surface area (TPSA) is 69.6 Å². The zero-order chi connectivity index (χ0) is 18.4. The van der Waals surface area contributed by atoms with E-state index in [4.69, 9.17) is 0 Å². The van der Waals surface area contributed by atoms with Crippen LogP contribution >= 0.6 is 0 Å². The molecule has 4 heteroatoms. The summed E-state index contributed by atoms with van der Waals surface area (Å²) >= 11 is 0. The van der Waals surface area contributed by atoms with Gasteiger partial charge in [0.15, 0.2) is 0 Å². The predicted molar refractivity (Wildman–Crippen MR) is 101 cm³/mol. The Morgan fingerprint density at radius 2 is 1.46 bits per heavy atom. The molecule has 0 fully saturated rings. The van der Waals surface area contributed by atoms with E-state index in [1.807, 2.05) is 20.8 Å². The molecule has 0 rings (SSSR count). The molecule has 0 saturated carbocycles. The van der Waals surface area contributed by atoms with Gasteiger partial charge in [-0.2, -0.15) is 0 Å². The molecule has 0 saturated heterocycles. The number of nitrogens with one attached hydrogen (secondary N) is 1. The summed E-state index contributed by atoms with van der Waals surface area (Å²) in [6, 6.07) is -0.356. The van der Waals surface area contributed by atoms with Crippen LogP contribution in [-0.4, -0.2) is 34.9 Å². The van der Waals surface area contributed by atoms with Crippen molar-refractivity contribution >= 4 is 5.91 Å². The number of amides is 1. The van der Waals surface area contributed by atoms with Crippen LogP contribution in [0.5, 0.6) is 0 Å². The molecule has 0 spiro atoms. The smallest absolute Gasteiger partial charge is 0.220 e. The molecule has 144 valence electrons. The zero-order valence-electron chi connectivity index (χ0n) is 16.4. The fourth-order valence-electron chi connectivity index (χ4n) is 2.70. The average Bonchev–Trinajstić information content (AvgIpc) is 2.51. The molecule has 0 aliphatic rings. The first-order valence-electron chi connectivity index (χ1n) is 9.89. The Morgan fingerprint density at radius 3 is 1.92 bits per heavy atom. The first kappa shape index (κ1) is 23.4. The molecule has 4 nitrogen and oxygen atoms in total. The van der Waals surface area contributed by atoms with Gasteiger partial charge in [0, 0.05) is 6.42 Å². The van der Waals surface area contributed by atoms with Crippen LogP contribution in [0.2, 0.25) is 0 Å². The second-order valence-electron chi connectivity index (χ2n) is 8.14. The fourth-order valence-corrected chi connectivity index (χ4v) is 2.70. The Hall–Kier alpha value is -0.610. The number of unbranched alkanes of at least 4 members (excludes halogenated alkanes) is 8. The number of aliphatic hydroxyl groups excluding tert-OH is 2. The third-order valence-corrected chi connectivity index (χ3v) is 4.60. The minimum atomic E-state index is -0.539. The van der Waals surface area contributed by atoms with Crippen LogP contribution in [0.4, 0.5) is 0 Å². The zero-order valence-corrected chi connectivity index (χ0v) is 16.4. The number of carbonyl (C=O) groups is 1. The summed E-state index contributed by atoms with van der Waals surface area (Å²) in [7, 11) is 0. The van der Waals surface area contributed by atoms with Crippen LogP contribution in [0.1, 0.15) is 98.3 Å². The van der Waals surface area contributed by atoms with E-state index < -0.39 is 6.10 Å². The maximum Gasteiger partial charge on any atom is 0.220 e. The second-order valence-corrected chi connectivity index (χ2v) is 8.14. The van der Waals surface area contributed by atoms with E-state index in [0.717, 1.165) is 12.8 Å². The molecule has 0 aromatic rings. The number of aliphatic hydroxyl groups is 2. The fraction of sp³-hybridized carbons (Fsp3) is 0.950. The van der Waals surface area contributed by atoms with Crippen LogP contribution in [0.3, 0.4) is 0 Å². The molecule has 0 aromatic carbocycles. The summed E-state index contributed by atoms with van der Waals surface area (Å²) in [4.78, 5) is 11.9. The van der Waals surface area contributed by atoms with Crippen LogP contribution in [0, 0.1) is 5.41 Å². The van der Waals surface area contributed by atoms with Crippen molar-refractivity contribution in [1.29, 1.82) is 0 Å². The lowest BCUT2D eigenvalue weighted by molar-refractivity contribution is -0.122. The molecule has 0 aliphatic heterocycles. The van der Waals surface area contributed by atoms with Gasteiger partial charge in [-0.15, -0.1) is 0 Å². The maximum absolute atomic E-state index is 11.9. The Kier molecular flexibility index (Phi) is 13.3. The quantitative estimate of drug-likeness (QED) is 0.414. The molecule has 24 heavy (non-hydrogen) atoms. The van der Waals surface area contributed by atoms with Crippen molar-refractivity contribution in [2.24, 2.45) is 5.41 Å². The normalized spacial score (nSPS) is 14.4. The monoisotopic (exact) mass is 343 g/mol. The number of hydrogen-bond acceptors (Lipinski definition) is 3. The molecule has 1 amide bonds. The van der Waals surface area contributed by atoms with Gasteiger partial charge in [-0.3, -0.25) is 4.79 Å². The number of hydrogen-bond donors (Lipinski definition) is 3. The van der Waals surface area contributed by atoms with Crippen molar-refractivity contribution < 1.29 is 15.0 Å². The van der Waals surface area contributed by atoms with Crippen LogP contribution in [0.25, 0.3) is 0 Å². The van der Waals surface area contributed by atoms with Crippen LogP contribution < -0.4 is 5.32 Å². The Balaban J connectivity index is 3.72. The minimum Gasteiger partial charge on any atom is -0.394 e. The highest BCUT2D eigenvalue weighted by Gasteiger charge is 2.25. The SMILES string of the molecule is CCCCCCCCCCCC(=O)N[C@@H](CO)C[C@H](O)C(C)(C)C. The minimum absolute atomic E-state index is 0.0156. The van der Waals surface area contributed by atoms with Crippen molar-refractivity contribution in [2.75, 3.05) is 6.61 Å². The van der Waals surface area contributed by atoms with Crippen molar-refractivity contribution in [3.05, 3.63) is 0 Å². The van der Waals surface area contributed by atoms with E-state index in [0.29, 0.717) is 12.8 Å². The van der Waals surface area contributed by atoms with Crippen molar-refractivity contribution in [1.82, 2.24) is 5.32 Å². The van der Waals surface area contributed by atoms with Gasteiger partial charge in [-0.25, -0.2) is 0 Å². The lowest BCUT2D eigenvalue weighted by atomic mass is 9.85. The predicted octanol–water partition coefficient (Wildman–Crippen LogP) is 4.18. The lowest BCUT2D eigenvalue weighted by Crippen LogP contribution is -2.42. The summed E-state index contributed by atoms with van der Waals surface area (Å²) in [5.74, 6) is -0.0156. The van der Waals surface area contributed by atoms with E-state index in [9.17, 15) is 15.0 Å². The van der Waals surface area contributed by atoms with E-state index in [2.05, 4.69) is 12.2 Å². The molecular formula is C20H41NO3. The molecule has 0 aromatic heterocycles. The molecule has 2 atom stereocenters. The summed E-state index contributed by atoms with van der Waals surface area (Å²) < 4.78 is 0. The van der Waals surface area contributed by atoms with Crippen molar-refractivity contribution in [2.45, 2.75) is 110 Å². The summed E-state index contributed by atoms with van der Waals surface area (Å²) in [5, 5.41) is 22.3. The standard InChI is InChI=1S/C20H41NO3/c1-5-6-7-8-9-10-11-12-13-14-19(24)21-17(16-22)15-18(23)20(2,3)4/h17-18,22-23H,5-16H2,1-4H3,(H,21,24)/t17-,18+/m1/s1. The highest BCUT2D eigenvalue weighted by molar-refractivity contribution is 5.76. The molecule has 0 heterocycles. The van der Waals surface area contributed by atoms with Gasteiger partial charge in [0.25, 0.3) is 0 Å². The van der Waals surface area contributed by atoms with E-state index >= 15 is 0 Å². The molecule has 3 N–H and O–H groups in total. The van der Waals surface area contributed by atoms with Crippen molar-refractivity contribution in [3.63, 3.8) is 0 Å². The average molecular weight is 344 g/mol. The highest BCUT2D eigenvalue weighted by Crippen LogP contribution is 2.22. The number of rotatable bonds is 14. The van der Waals surface area contributed by atoms with Gasteiger partial charge in [0.05, 0.1) is 18.8 Å². The Labute approximate surface area is 149 Å². The Morgan fingerprint density at radius 1 is 0.958 bits per heavy atom.